The second kappa shape index (κ2) is 3.87. The molecule has 1 aromatic heterocycles. The average molecular weight is 232 g/mol. The van der Waals surface area contributed by atoms with E-state index >= 15 is 0 Å². The van der Waals surface area contributed by atoms with Gasteiger partial charge in [0.15, 0.2) is 0 Å². The van der Waals surface area contributed by atoms with E-state index < -0.39 is 0 Å². The molecule has 1 N–H and O–H groups in total. The molecule has 1 saturated carbocycles. The van der Waals surface area contributed by atoms with E-state index in [9.17, 15) is 4.79 Å². The van der Waals surface area contributed by atoms with Crippen LogP contribution in [0, 0.1) is 11.8 Å². The standard InChI is InChI=1S/C12H12N2OS/c15-12(11-5-2-6-16-11)14-13-10-7-8-3-1-4-9(8)10/h1-3,5-6,8-9H,4,7H2,(H,14,15)/b13-10+/t8-,9-/m1/s1. The maximum Gasteiger partial charge on any atom is 0.281 e. The SMILES string of the molecule is O=C(N/N=C1\C[C@H]2C=CC[C@@H]12)c1cccs1. The van der Waals surface area contributed by atoms with Crippen LogP contribution in [0.3, 0.4) is 0 Å². The fourth-order valence-electron chi connectivity index (χ4n) is 2.25. The van der Waals surface area contributed by atoms with Gasteiger partial charge in [-0.3, -0.25) is 4.79 Å². The Bertz CT molecular complexity index is 461. The Morgan fingerprint density at radius 2 is 2.50 bits per heavy atom. The second-order valence-corrected chi connectivity index (χ2v) is 5.11. The van der Waals surface area contributed by atoms with E-state index in [2.05, 4.69) is 22.7 Å². The molecule has 0 radical (unpaired) electrons. The summed E-state index contributed by atoms with van der Waals surface area (Å²) in [5.41, 5.74) is 3.77. The van der Waals surface area contributed by atoms with Crippen LogP contribution in [-0.4, -0.2) is 11.6 Å². The Kier molecular flexibility index (Phi) is 2.36. The van der Waals surface area contributed by atoms with Crippen LogP contribution in [0.25, 0.3) is 0 Å². The molecule has 0 bridgehead atoms. The molecule has 4 heteroatoms. The predicted molar refractivity (Wildman–Crippen MR) is 64.6 cm³/mol. The lowest BCUT2D eigenvalue weighted by Crippen LogP contribution is -2.35. The molecule has 2 atom stereocenters. The van der Waals surface area contributed by atoms with Crippen LogP contribution >= 0.6 is 11.3 Å². The van der Waals surface area contributed by atoms with E-state index in [0.717, 1.165) is 18.6 Å². The molecule has 0 aliphatic heterocycles. The van der Waals surface area contributed by atoms with Gasteiger partial charge in [0, 0.05) is 11.6 Å². The maximum absolute atomic E-state index is 11.6. The highest BCUT2D eigenvalue weighted by Gasteiger charge is 2.37. The zero-order valence-electron chi connectivity index (χ0n) is 8.72. The molecule has 1 amide bonds. The molecule has 3 nitrogen and oxygen atoms in total. The molecule has 0 spiro atoms. The third kappa shape index (κ3) is 1.59. The van der Waals surface area contributed by atoms with Gasteiger partial charge < -0.3 is 0 Å². The van der Waals surface area contributed by atoms with Gasteiger partial charge in [-0.05, 0) is 30.2 Å². The number of thiophene rings is 1. The fourth-order valence-corrected chi connectivity index (χ4v) is 2.86. The zero-order chi connectivity index (χ0) is 11.0. The van der Waals surface area contributed by atoms with Crippen molar-refractivity contribution in [3.8, 4) is 0 Å². The fraction of sp³-hybridized carbons (Fsp3) is 0.333. The summed E-state index contributed by atoms with van der Waals surface area (Å²) in [5.74, 6) is 1.14. The topological polar surface area (TPSA) is 41.5 Å². The largest absolute Gasteiger partial charge is 0.281 e. The normalized spacial score (nSPS) is 28.9. The Morgan fingerprint density at radius 3 is 3.25 bits per heavy atom. The van der Waals surface area contributed by atoms with Gasteiger partial charge in [0.25, 0.3) is 5.91 Å². The number of carbonyl (C=O) groups is 1. The highest BCUT2D eigenvalue weighted by Crippen LogP contribution is 2.40. The number of nitrogens with one attached hydrogen (secondary N) is 1. The Morgan fingerprint density at radius 1 is 1.56 bits per heavy atom. The minimum atomic E-state index is -0.100. The predicted octanol–water partition coefficient (Wildman–Crippen LogP) is 2.43. The van der Waals surface area contributed by atoms with Crippen LogP contribution in [-0.2, 0) is 0 Å². The number of fused-ring (bicyclic) bond motifs is 1. The van der Waals surface area contributed by atoms with Crippen molar-refractivity contribution < 1.29 is 4.79 Å². The lowest BCUT2D eigenvalue weighted by molar-refractivity contribution is 0.0958. The smallest absolute Gasteiger partial charge is 0.266 e. The van der Waals surface area contributed by atoms with Crippen molar-refractivity contribution in [2.24, 2.45) is 16.9 Å². The van der Waals surface area contributed by atoms with Crippen molar-refractivity contribution in [2.45, 2.75) is 12.8 Å². The van der Waals surface area contributed by atoms with Crippen LogP contribution < -0.4 is 5.43 Å². The lowest BCUT2D eigenvalue weighted by Gasteiger charge is -2.31. The first-order valence-electron chi connectivity index (χ1n) is 5.41. The van der Waals surface area contributed by atoms with Crippen LogP contribution in [0.4, 0.5) is 0 Å². The third-order valence-corrected chi connectivity index (χ3v) is 4.08. The van der Waals surface area contributed by atoms with Gasteiger partial charge in [0.1, 0.15) is 0 Å². The van der Waals surface area contributed by atoms with E-state index in [4.69, 9.17) is 0 Å². The number of rotatable bonds is 2. The lowest BCUT2D eigenvalue weighted by atomic mass is 9.74. The molecule has 1 fully saturated rings. The summed E-state index contributed by atoms with van der Waals surface area (Å²) in [6.07, 6.45) is 6.55. The van der Waals surface area contributed by atoms with Crippen molar-refractivity contribution in [2.75, 3.05) is 0 Å². The summed E-state index contributed by atoms with van der Waals surface area (Å²) in [7, 11) is 0. The van der Waals surface area contributed by atoms with Gasteiger partial charge in [-0.15, -0.1) is 11.3 Å². The van der Waals surface area contributed by atoms with Gasteiger partial charge in [0.05, 0.1) is 4.88 Å². The average Bonchev–Trinajstić information content (AvgIpc) is 2.88. The number of hydrazone groups is 1. The summed E-state index contributed by atoms with van der Waals surface area (Å²) in [5, 5.41) is 6.10. The molecular weight excluding hydrogens is 220 g/mol. The quantitative estimate of drug-likeness (QED) is 0.617. The Hall–Kier alpha value is -1.42. The highest BCUT2D eigenvalue weighted by molar-refractivity contribution is 7.12. The summed E-state index contributed by atoms with van der Waals surface area (Å²) in [6.45, 7) is 0. The van der Waals surface area contributed by atoms with Crippen molar-refractivity contribution in [3.05, 3.63) is 34.5 Å². The number of hydrogen-bond donors (Lipinski definition) is 1. The number of hydrogen-bond acceptors (Lipinski definition) is 3. The van der Waals surface area contributed by atoms with Gasteiger partial charge in [-0.25, -0.2) is 5.43 Å². The molecule has 0 aromatic carbocycles. The molecule has 1 aromatic rings. The minimum absolute atomic E-state index is 0.100. The van der Waals surface area contributed by atoms with E-state index in [-0.39, 0.29) is 5.91 Å². The van der Waals surface area contributed by atoms with Crippen LogP contribution in [0.15, 0.2) is 34.8 Å². The number of allylic oxidation sites excluding steroid dienone is 2. The molecule has 3 rings (SSSR count). The van der Waals surface area contributed by atoms with Crippen LogP contribution in [0.5, 0.6) is 0 Å². The number of nitrogens with zero attached hydrogens (tertiary/aromatic N) is 1. The zero-order valence-corrected chi connectivity index (χ0v) is 9.54. The minimum Gasteiger partial charge on any atom is -0.266 e. The van der Waals surface area contributed by atoms with E-state index in [0.29, 0.717) is 16.7 Å². The Labute approximate surface area is 97.9 Å². The monoisotopic (exact) mass is 232 g/mol. The molecule has 2 aliphatic rings. The van der Waals surface area contributed by atoms with E-state index in [1.165, 1.54) is 11.3 Å². The van der Waals surface area contributed by atoms with E-state index in [1.807, 2.05) is 11.4 Å². The van der Waals surface area contributed by atoms with Crippen molar-refractivity contribution in [1.29, 1.82) is 0 Å². The summed E-state index contributed by atoms with van der Waals surface area (Å²) >= 11 is 1.43. The first kappa shape index (κ1) is 9.78. The van der Waals surface area contributed by atoms with Crippen LogP contribution in [0.1, 0.15) is 22.5 Å². The maximum atomic E-state index is 11.6. The Balaban J connectivity index is 1.61. The van der Waals surface area contributed by atoms with Crippen molar-refractivity contribution >= 4 is 23.0 Å². The third-order valence-electron chi connectivity index (χ3n) is 3.21. The highest BCUT2D eigenvalue weighted by atomic mass is 32.1. The molecular formula is C12H12N2OS. The van der Waals surface area contributed by atoms with Gasteiger partial charge >= 0.3 is 0 Å². The van der Waals surface area contributed by atoms with Crippen molar-refractivity contribution in [1.82, 2.24) is 5.43 Å². The summed E-state index contributed by atoms with van der Waals surface area (Å²) in [6, 6.07) is 3.67. The van der Waals surface area contributed by atoms with Gasteiger partial charge in [-0.1, -0.05) is 18.2 Å². The number of carbonyl (C=O) groups excluding carboxylic acids is 1. The first-order valence-corrected chi connectivity index (χ1v) is 6.29. The number of amides is 1. The first-order chi connectivity index (χ1) is 7.84. The molecule has 82 valence electrons. The summed E-state index contributed by atoms with van der Waals surface area (Å²) < 4.78 is 0. The molecule has 2 aliphatic carbocycles. The van der Waals surface area contributed by atoms with Crippen LogP contribution in [0.2, 0.25) is 0 Å². The van der Waals surface area contributed by atoms with Crippen molar-refractivity contribution in [3.63, 3.8) is 0 Å². The molecule has 1 heterocycles. The van der Waals surface area contributed by atoms with Gasteiger partial charge in [0.2, 0.25) is 0 Å². The molecule has 16 heavy (non-hydrogen) atoms. The van der Waals surface area contributed by atoms with E-state index in [1.54, 1.807) is 6.07 Å². The summed E-state index contributed by atoms with van der Waals surface area (Å²) in [4.78, 5) is 12.3. The molecule has 0 saturated heterocycles. The molecule has 0 unspecified atom stereocenters. The second-order valence-electron chi connectivity index (χ2n) is 4.16. The van der Waals surface area contributed by atoms with Gasteiger partial charge in [-0.2, -0.15) is 5.10 Å².